The Morgan fingerprint density at radius 2 is 1.89 bits per heavy atom. The Morgan fingerprint density at radius 1 is 1.21 bits per heavy atom. The van der Waals surface area contributed by atoms with E-state index in [1.807, 2.05) is 0 Å². The van der Waals surface area contributed by atoms with Crippen LogP contribution in [-0.2, 0) is 14.3 Å². The molecule has 0 saturated heterocycles. The summed E-state index contributed by atoms with van der Waals surface area (Å²) in [6.45, 7) is 3.23. The van der Waals surface area contributed by atoms with Crippen molar-refractivity contribution in [1.29, 1.82) is 0 Å². The van der Waals surface area contributed by atoms with Crippen LogP contribution in [0.25, 0.3) is 0 Å². The summed E-state index contributed by atoms with van der Waals surface area (Å²) < 4.78 is 15.1. The van der Waals surface area contributed by atoms with Crippen LogP contribution < -0.4 is 14.8 Å². The molecule has 0 aliphatic rings. The SMILES string of the molecule is CCOC(=O)COc1cc(NC(C)=O)cc(OC)c1. The zero-order valence-corrected chi connectivity index (χ0v) is 11.2. The van der Waals surface area contributed by atoms with Gasteiger partial charge in [-0.15, -0.1) is 0 Å². The first-order valence-electron chi connectivity index (χ1n) is 5.80. The Bertz CT molecular complexity index is 458. The fourth-order valence-electron chi connectivity index (χ4n) is 1.39. The predicted octanol–water partition coefficient (Wildman–Crippen LogP) is 1.60. The van der Waals surface area contributed by atoms with Crippen molar-refractivity contribution >= 4 is 17.6 Å². The van der Waals surface area contributed by atoms with E-state index >= 15 is 0 Å². The largest absolute Gasteiger partial charge is 0.497 e. The summed E-state index contributed by atoms with van der Waals surface area (Å²) in [7, 11) is 1.50. The molecule has 6 heteroatoms. The maximum atomic E-state index is 11.2. The molecule has 1 amide bonds. The summed E-state index contributed by atoms with van der Waals surface area (Å²) in [6.07, 6.45) is 0. The number of nitrogens with one attached hydrogen (secondary N) is 1. The molecule has 0 aliphatic carbocycles. The van der Waals surface area contributed by atoms with Crippen LogP contribution in [0.4, 0.5) is 5.69 Å². The molecule has 0 unspecified atom stereocenters. The van der Waals surface area contributed by atoms with Crippen LogP contribution in [0, 0.1) is 0 Å². The predicted molar refractivity (Wildman–Crippen MR) is 69.4 cm³/mol. The van der Waals surface area contributed by atoms with Crippen LogP contribution >= 0.6 is 0 Å². The monoisotopic (exact) mass is 267 g/mol. The van der Waals surface area contributed by atoms with E-state index in [4.69, 9.17) is 14.2 Å². The third kappa shape index (κ3) is 5.29. The summed E-state index contributed by atoms with van der Waals surface area (Å²) in [6, 6.07) is 4.87. The van der Waals surface area contributed by atoms with Gasteiger partial charge in [0.1, 0.15) is 11.5 Å². The van der Waals surface area contributed by atoms with Crippen molar-refractivity contribution in [2.45, 2.75) is 13.8 Å². The van der Waals surface area contributed by atoms with E-state index in [9.17, 15) is 9.59 Å². The summed E-state index contributed by atoms with van der Waals surface area (Å²) in [4.78, 5) is 22.2. The van der Waals surface area contributed by atoms with Crippen LogP contribution in [-0.4, -0.2) is 32.2 Å². The standard InChI is InChI=1S/C13H17NO5/c1-4-18-13(16)8-19-12-6-10(14-9(2)15)5-11(7-12)17-3/h5-7H,4,8H2,1-3H3,(H,14,15). The molecule has 0 aromatic heterocycles. The Kier molecular flexibility index (Phi) is 5.66. The lowest BCUT2D eigenvalue weighted by Gasteiger charge is -2.10. The van der Waals surface area contributed by atoms with Crippen molar-refractivity contribution in [2.24, 2.45) is 0 Å². The van der Waals surface area contributed by atoms with Crippen molar-refractivity contribution in [3.8, 4) is 11.5 Å². The second-order valence-electron chi connectivity index (χ2n) is 3.67. The Hall–Kier alpha value is -2.24. The average Bonchev–Trinajstić information content (AvgIpc) is 2.35. The van der Waals surface area contributed by atoms with Crippen molar-refractivity contribution in [3.05, 3.63) is 18.2 Å². The molecule has 0 fully saturated rings. The van der Waals surface area contributed by atoms with Gasteiger partial charge in [0, 0.05) is 30.8 Å². The molecule has 0 spiro atoms. The normalized spacial score (nSPS) is 9.63. The number of hydrogen-bond acceptors (Lipinski definition) is 5. The molecule has 1 aromatic rings. The smallest absolute Gasteiger partial charge is 0.344 e. The molecular formula is C13H17NO5. The highest BCUT2D eigenvalue weighted by Gasteiger charge is 2.07. The van der Waals surface area contributed by atoms with E-state index in [-0.39, 0.29) is 12.5 Å². The number of esters is 1. The van der Waals surface area contributed by atoms with Gasteiger partial charge in [-0.3, -0.25) is 4.79 Å². The van der Waals surface area contributed by atoms with Gasteiger partial charge in [0.05, 0.1) is 13.7 Å². The number of ether oxygens (including phenoxy) is 3. The van der Waals surface area contributed by atoms with Crippen LogP contribution in [0.2, 0.25) is 0 Å². The summed E-state index contributed by atoms with van der Waals surface area (Å²) in [5.41, 5.74) is 0.533. The van der Waals surface area contributed by atoms with E-state index in [1.54, 1.807) is 25.1 Å². The van der Waals surface area contributed by atoms with E-state index in [2.05, 4.69) is 5.32 Å². The highest BCUT2D eigenvalue weighted by molar-refractivity contribution is 5.89. The molecule has 0 bridgehead atoms. The summed E-state index contributed by atoms with van der Waals surface area (Å²) in [5.74, 6) is 0.275. The zero-order chi connectivity index (χ0) is 14.3. The van der Waals surface area contributed by atoms with E-state index < -0.39 is 5.97 Å². The van der Waals surface area contributed by atoms with Gasteiger partial charge in [0.15, 0.2) is 6.61 Å². The molecule has 0 saturated carbocycles. The van der Waals surface area contributed by atoms with Crippen LogP contribution in [0.3, 0.4) is 0 Å². The molecule has 6 nitrogen and oxygen atoms in total. The van der Waals surface area contributed by atoms with Crippen molar-refractivity contribution < 1.29 is 23.8 Å². The first-order valence-corrected chi connectivity index (χ1v) is 5.80. The lowest BCUT2D eigenvalue weighted by molar-refractivity contribution is -0.145. The number of carbonyl (C=O) groups excluding carboxylic acids is 2. The fraction of sp³-hybridized carbons (Fsp3) is 0.385. The lowest BCUT2D eigenvalue weighted by atomic mass is 10.2. The van der Waals surface area contributed by atoms with Crippen LogP contribution in [0.5, 0.6) is 11.5 Å². The highest BCUT2D eigenvalue weighted by Crippen LogP contribution is 2.26. The number of methoxy groups -OCH3 is 1. The molecule has 0 atom stereocenters. The molecular weight excluding hydrogens is 250 g/mol. The van der Waals surface area contributed by atoms with Crippen molar-refractivity contribution in [2.75, 3.05) is 25.6 Å². The third-order valence-electron chi connectivity index (χ3n) is 2.10. The van der Waals surface area contributed by atoms with E-state index in [0.29, 0.717) is 23.8 Å². The maximum absolute atomic E-state index is 11.2. The molecule has 19 heavy (non-hydrogen) atoms. The Labute approximate surface area is 111 Å². The second kappa shape index (κ2) is 7.25. The lowest BCUT2D eigenvalue weighted by Crippen LogP contribution is -2.14. The average molecular weight is 267 g/mol. The van der Waals surface area contributed by atoms with Gasteiger partial charge in [0.25, 0.3) is 0 Å². The third-order valence-corrected chi connectivity index (χ3v) is 2.10. The molecule has 1 rings (SSSR count). The molecule has 0 radical (unpaired) electrons. The number of amides is 1. The molecule has 0 aliphatic heterocycles. The minimum atomic E-state index is -0.452. The summed E-state index contributed by atoms with van der Waals surface area (Å²) in [5, 5.41) is 2.62. The van der Waals surface area contributed by atoms with Crippen LogP contribution in [0.15, 0.2) is 18.2 Å². The minimum Gasteiger partial charge on any atom is -0.497 e. The van der Waals surface area contributed by atoms with Gasteiger partial charge < -0.3 is 19.5 Å². The topological polar surface area (TPSA) is 73.9 Å². The highest BCUT2D eigenvalue weighted by atomic mass is 16.6. The molecule has 1 aromatic carbocycles. The second-order valence-corrected chi connectivity index (χ2v) is 3.67. The molecule has 1 N–H and O–H groups in total. The van der Waals surface area contributed by atoms with Crippen molar-refractivity contribution in [1.82, 2.24) is 0 Å². The number of benzene rings is 1. The van der Waals surface area contributed by atoms with Gasteiger partial charge in [-0.05, 0) is 6.92 Å². The van der Waals surface area contributed by atoms with Gasteiger partial charge in [-0.2, -0.15) is 0 Å². The van der Waals surface area contributed by atoms with Crippen LogP contribution in [0.1, 0.15) is 13.8 Å². The molecule has 0 heterocycles. The van der Waals surface area contributed by atoms with E-state index in [1.165, 1.54) is 14.0 Å². The minimum absolute atomic E-state index is 0.194. The van der Waals surface area contributed by atoms with E-state index in [0.717, 1.165) is 0 Å². The van der Waals surface area contributed by atoms with Crippen molar-refractivity contribution in [3.63, 3.8) is 0 Å². The van der Waals surface area contributed by atoms with Gasteiger partial charge >= 0.3 is 5.97 Å². The van der Waals surface area contributed by atoms with Gasteiger partial charge in [-0.1, -0.05) is 0 Å². The number of rotatable bonds is 6. The first-order chi connectivity index (χ1) is 9.05. The Morgan fingerprint density at radius 3 is 2.47 bits per heavy atom. The van der Waals surface area contributed by atoms with Gasteiger partial charge in [-0.25, -0.2) is 4.79 Å². The zero-order valence-electron chi connectivity index (χ0n) is 11.2. The quantitative estimate of drug-likeness (QED) is 0.792. The number of hydrogen-bond donors (Lipinski definition) is 1. The fourth-order valence-corrected chi connectivity index (χ4v) is 1.39. The molecule has 104 valence electrons. The number of carbonyl (C=O) groups is 2. The first kappa shape index (κ1) is 14.8. The summed E-state index contributed by atoms with van der Waals surface area (Å²) >= 11 is 0. The van der Waals surface area contributed by atoms with Gasteiger partial charge in [0.2, 0.25) is 5.91 Å². The number of anilines is 1. The maximum Gasteiger partial charge on any atom is 0.344 e. The Balaban J connectivity index is 2.76.